The molecule has 8 rings (SSSR count). The highest BCUT2D eigenvalue weighted by molar-refractivity contribution is 5.97. The molecule has 2 atom stereocenters. The minimum Gasteiger partial charge on any atom is -0.471 e. The normalized spacial score (nSPS) is 19.6. The smallest absolute Gasteiger partial charge is 0.217 e. The third kappa shape index (κ3) is 5.53. The molecule has 3 aliphatic rings. The number of rotatable bonds is 4. The van der Waals surface area contributed by atoms with Crippen molar-refractivity contribution in [2.24, 2.45) is 4.99 Å². The first-order chi connectivity index (χ1) is 24.1. The van der Waals surface area contributed by atoms with Gasteiger partial charge in [-0.2, -0.15) is 0 Å². The molecule has 5 heteroatoms. The van der Waals surface area contributed by atoms with Crippen LogP contribution in [0.4, 0.5) is 17.2 Å². The number of hydrogen-bond acceptors (Lipinski definition) is 5. The summed E-state index contributed by atoms with van der Waals surface area (Å²) < 4.78 is 13.5. The molecule has 0 fully saturated rings. The van der Waals surface area contributed by atoms with Gasteiger partial charge >= 0.3 is 0 Å². The van der Waals surface area contributed by atoms with Crippen LogP contribution in [0.3, 0.4) is 0 Å². The van der Waals surface area contributed by atoms with E-state index in [1.165, 1.54) is 33.4 Å². The van der Waals surface area contributed by atoms with Gasteiger partial charge < -0.3 is 9.47 Å². The first-order valence-electron chi connectivity index (χ1n) is 18.3. The van der Waals surface area contributed by atoms with Gasteiger partial charge in [-0.25, -0.2) is 9.98 Å². The van der Waals surface area contributed by atoms with Crippen LogP contribution in [0, 0.1) is 20.8 Å². The van der Waals surface area contributed by atoms with E-state index in [0.717, 1.165) is 51.8 Å². The molecule has 0 saturated carbocycles. The highest BCUT2D eigenvalue weighted by Gasteiger charge is 2.45. The molecular formula is C46H49N3O2. The molecule has 0 saturated heterocycles. The van der Waals surface area contributed by atoms with Crippen LogP contribution in [0.2, 0.25) is 0 Å². The van der Waals surface area contributed by atoms with E-state index in [9.17, 15) is 0 Å². The number of hydrogen-bond donors (Lipinski definition) is 0. The summed E-state index contributed by atoms with van der Waals surface area (Å²) in [6, 6.07) is 30.6. The third-order valence-electron chi connectivity index (χ3n) is 11.4. The van der Waals surface area contributed by atoms with Crippen molar-refractivity contribution in [3.63, 3.8) is 0 Å². The first kappa shape index (κ1) is 33.3. The maximum absolute atomic E-state index is 6.81. The quantitative estimate of drug-likeness (QED) is 0.190. The summed E-state index contributed by atoms with van der Waals surface area (Å²) in [5.74, 6) is 3.17. The van der Waals surface area contributed by atoms with Crippen LogP contribution in [0.1, 0.15) is 111 Å². The third-order valence-corrected chi connectivity index (χ3v) is 11.4. The predicted molar refractivity (Wildman–Crippen MR) is 209 cm³/mol. The number of fused-ring (bicyclic) bond motifs is 5. The number of aliphatic imine (C=N–C) groups is 1. The minimum atomic E-state index is -0.212. The van der Waals surface area contributed by atoms with Crippen LogP contribution in [0.5, 0.6) is 11.5 Å². The zero-order valence-electron chi connectivity index (χ0n) is 31.7. The Balaban J connectivity index is 1.18. The van der Waals surface area contributed by atoms with Gasteiger partial charge in [0.1, 0.15) is 29.5 Å². The Hall–Kier alpha value is -4.90. The molecule has 0 unspecified atom stereocenters. The summed E-state index contributed by atoms with van der Waals surface area (Å²) in [4.78, 5) is 12.5. The second-order valence-corrected chi connectivity index (χ2v) is 17.1. The van der Waals surface area contributed by atoms with Crippen LogP contribution in [0.25, 0.3) is 0 Å². The van der Waals surface area contributed by atoms with Crippen molar-refractivity contribution in [2.45, 2.75) is 104 Å². The van der Waals surface area contributed by atoms with Gasteiger partial charge in [0.05, 0.1) is 11.4 Å². The van der Waals surface area contributed by atoms with E-state index in [4.69, 9.17) is 19.5 Å². The van der Waals surface area contributed by atoms with Crippen molar-refractivity contribution in [1.29, 1.82) is 0 Å². The molecule has 1 aliphatic carbocycles. The van der Waals surface area contributed by atoms with Crippen LogP contribution in [0.15, 0.2) is 96.1 Å². The summed E-state index contributed by atoms with van der Waals surface area (Å²) in [5.41, 5.74) is 12.9. The van der Waals surface area contributed by atoms with Crippen LogP contribution < -0.4 is 9.64 Å². The maximum atomic E-state index is 6.81. The number of nitrogens with zero attached hydrogens (tertiary/aromatic N) is 3. The summed E-state index contributed by atoms with van der Waals surface area (Å²) in [6.07, 6.45) is 2.87. The number of ether oxygens (including phenoxy) is 2. The number of aromatic nitrogens is 1. The van der Waals surface area contributed by atoms with Crippen LogP contribution >= 0.6 is 0 Å². The SMILES string of the molecule is Cc1ccc2c(c1)C(C)(C)C[C@@H]1OC(c3cc(Oc4ccc5c(c4)N(c4cc(C(C)(C)C)ccn4)c4ccccc4C5(C)C)c(C)cc3C)=N[C@H]21. The van der Waals surface area contributed by atoms with Gasteiger partial charge in [0.25, 0.3) is 0 Å². The molecule has 51 heavy (non-hydrogen) atoms. The number of anilines is 3. The van der Waals surface area contributed by atoms with E-state index in [1.54, 1.807) is 0 Å². The number of para-hydroxylation sites is 1. The average molecular weight is 676 g/mol. The second kappa shape index (κ2) is 11.6. The van der Waals surface area contributed by atoms with Crippen molar-refractivity contribution >= 4 is 23.1 Å². The zero-order chi connectivity index (χ0) is 36.0. The van der Waals surface area contributed by atoms with Gasteiger partial charge in [-0.3, -0.25) is 4.90 Å². The standard InChI is InChI=1S/C46H49N3O2/c1-27-15-17-32-36(21-27)45(7,8)26-40-42(32)48-43(51-40)33-25-39(29(3)22-28(33)2)50-31-16-18-35-38(24-31)49(37-14-12-11-13-34(37)46(35,9)10)41-23-30(19-20-47-41)44(4,5)6/h11-25,40,42H,26H2,1-10H3/t40-,42+/m0/s1. The maximum Gasteiger partial charge on any atom is 0.217 e. The summed E-state index contributed by atoms with van der Waals surface area (Å²) in [6.45, 7) is 22.4. The van der Waals surface area contributed by atoms with Gasteiger partial charge in [-0.1, -0.05) is 103 Å². The molecule has 0 amide bonds. The minimum absolute atomic E-state index is 0.00282. The topological polar surface area (TPSA) is 47.0 Å². The highest BCUT2D eigenvalue weighted by atomic mass is 16.5. The van der Waals surface area contributed by atoms with Crippen molar-refractivity contribution in [3.8, 4) is 11.5 Å². The Morgan fingerprint density at radius 1 is 0.784 bits per heavy atom. The Kier molecular flexibility index (Phi) is 7.54. The molecule has 0 spiro atoms. The Bertz CT molecular complexity index is 2240. The number of aryl methyl sites for hydroxylation is 3. The molecule has 1 aromatic heterocycles. The lowest BCUT2D eigenvalue weighted by molar-refractivity contribution is 0.141. The van der Waals surface area contributed by atoms with Crippen molar-refractivity contribution in [2.75, 3.05) is 4.90 Å². The van der Waals surface area contributed by atoms with Gasteiger partial charge in [0.15, 0.2) is 0 Å². The molecule has 3 heterocycles. The largest absolute Gasteiger partial charge is 0.471 e. The van der Waals surface area contributed by atoms with Crippen molar-refractivity contribution in [3.05, 3.63) is 141 Å². The summed E-state index contributed by atoms with van der Waals surface area (Å²) in [7, 11) is 0. The summed E-state index contributed by atoms with van der Waals surface area (Å²) >= 11 is 0. The lowest BCUT2D eigenvalue weighted by Crippen LogP contribution is -2.35. The van der Waals surface area contributed by atoms with Crippen LogP contribution in [-0.2, 0) is 21.0 Å². The van der Waals surface area contributed by atoms with E-state index in [-0.39, 0.29) is 28.4 Å². The van der Waals surface area contributed by atoms with Gasteiger partial charge in [-0.05, 0) is 107 Å². The molecule has 4 aromatic carbocycles. The fourth-order valence-electron chi connectivity index (χ4n) is 8.45. The number of benzene rings is 4. The second-order valence-electron chi connectivity index (χ2n) is 17.1. The predicted octanol–water partition coefficient (Wildman–Crippen LogP) is 11.8. The molecule has 0 N–H and O–H groups in total. The highest BCUT2D eigenvalue weighted by Crippen LogP contribution is 2.53. The lowest BCUT2D eigenvalue weighted by Gasteiger charge is -2.41. The van der Waals surface area contributed by atoms with E-state index >= 15 is 0 Å². The Morgan fingerprint density at radius 2 is 1.55 bits per heavy atom. The van der Waals surface area contributed by atoms with Gasteiger partial charge in [0.2, 0.25) is 5.90 Å². The molecule has 260 valence electrons. The fraction of sp³-hybridized carbons (Fsp3) is 0.348. The van der Waals surface area contributed by atoms with Crippen molar-refractivity contribution in [1.82, 2.24) is 4.98 Å². The Morgan fingerprint density at radius 3 is 2.33 bits per heavy atom. The average Bonchev–Trinajstić information content (AvgIpc) is 3.48. The molecule has 5 aromatic rings. The first-order valence-corrected chi connectivity index (χ1v) is 18.3. The fourth-order valence-corrected chi connectivity index (χ4v) is 8.45. The Labute approximate surface area is 303 Å². The van der Waals surface area contributed by atoms with Crippen LogP contribution in [-0.4, -0.2) is 17.0 Å². The monoisotopic (exact) mass is 675 g/mol. The number of pyridine rings is 1. The molecule has 0 bridgehead atoms. The lowest BCUT2D eigenvalue weighted by atomic mass is 9.69. The van der Waals surface area contributed by atoms with E-state index < -0.39 is 0 Å². The van der Waals surface area contributed by atoms with Crippen molar-refractivity contribution < 1.29 is 9.47 Å². The molecule has 5 nitrogen and oxygen atoms in total. The zero-order valence-corrected chi connectivity index (χ0v) is 31.7. The molecule has 2 aliphatic heterocycles. The van der Waals surface area contributed by atoms with E-state index in [1.807, 2.05) is 6.20 Å². The molecular weight excluding hydrogens is 627 g/mol. The van der Waals surface area contributed by atoms with E-state index in [2.05, 4.69) is 159 Å². The van der Waals surface area contributed by atoms with E-state index in [0.29, 0.717) is 5.90 Å². The van der Waals surface area contributed by atoms with Gasteiger partial charge in [0, 0.05) is 23.2 Å². The summed E-state index contributed by atoms with van der Waals surface area (Å²) in [5, 5.41) is 0. The molecule has 0 radical (unpaired) electrons. The van der Waals surface area contributed by atoms with Gasteiger partial charge in [-0.15, -0.1) is 0 Å².